The second-order valence-corrected chi connectivity index (χ2v) is 6.40. The van der Waals surface area contributed by atoms with E-state index >= 15 is 0 Å². The summed E-state index contributed by atoms with van der Waals surface area (Å²) in [4.78, 5) is 18.6. The summed E-state index contributed by atoms with van der Waals surface area (Å²) < 4.78 is 27.2. The highest BCUT2D eigenvalue weighted by Crippen LogP contribution is 2.35. The molecule has 1 aromatic heterocycles. The summed E-state index contributed by atoms with van der Waals surface area (Å²) in [7, 11) is 0. The fourth-order valence-corrected chi connectivity index (χ4v) is 3.09. The van der Waals surface area contributed by atoms with Crippen molar-refractivity contribution in [3.63, 3.8) is 0 Å². The maximum Gasteiger partial charge on any atom is 0.275 e. The predicted molar refractivity (Wildman–Crippen MR) is 89.3 cm³/mol. The smallest absolute Gasteiger partial charge is 0.275 e. The minimum Gasteiger partial charge on any atom is -0.484 e. The van der Waals surface area contributed by atoms with Crippen LogP contribution in [0, 0.1) is 0 Å². The zero-order valence-corrected chi connectivity index (χ0v) is 14.6. The molecule has 1 aromatic carbocycles. The summed E-state index contributed by atoms with van der Waals surface area (Å²) in [6.07, 6.45) is 1.37. The molecule has 2 atom stereocenters. The lowest BCUT2D eigenvalue weighted by atomic mass is 10.2. The van der Waals surface area contributed by atoms with Crippen molar-refractivity contribution in [2.24, 2.45) is 0 Å². The molecule has 26 heavy (non-hydrogen) atoms. The van der Waals surface area contributed by atoms with Crippen LogP contribution in [0.2, 0.25) is 0 Å². The molecule has 0 radical (unpaired) electrons. The number of amides is 1. The van der Waals surface area contributed by atoms with E-state index in [1.165, 1.54) is 6.26 Å². The van der Waals surface area contributed by atoms with Gasteiger partial charge in [0.15, 0.2) is 23.8 Å². The van der Waals surface area contributed by atoms with Crippen molar-refractivity contribution < 1.29 is 28.2 Å². The first-order valence-corrected chi connectivity index (χ1v) is 8.50. The predicted octanol–water partition coefficient (Wildman–Crippen LogP) is 2.23. The summed E-state index contributed by atoms with van der Waals surface area (Å²) in [5.74, 6) is 2.11. The Bertz CT molecular complexity index is 795. The van der Waals surface area contributed by atoms with Gasteiger partial charge in [0.2, 0.25) is 12.7 Å². The Balaban J connectivity index is 1.38. The van der Waals surface area contributed by atoms with Gasteiger partial charge in [-0.25, -0.2) is 4.98 Å². The Hall–Kier alpha value is -2.74. The molecule has 0 spiro atoms. The molecule has 0 N–H and O–H groups in total. The van der Waals surface area contributed by atoms with E-state index in [0.29, 0.717) is 36.2 Å². The fraction of sp³-hybridized carbons (Fsp3) is 0.444. The van der Waals surface area contributed by atoms with E-state index in [2.05, 4.69) is 4.98 Å². The van der Waals surface area contributed by atoms with E-state index in [0.717, 1.165) is 0 Å². The molecule has 8 heteroatoms. The lowest BCUT2D eigenvalue weighted by Crippen LogP contribution is -2.48. The first-order valence-electron chi connectivity index (χ1n) is 8.50. The van der Waals surface area contributed by atoms with Crippen LogP contribution in [0.15, 0.2) is 28.9 Å². The Morgan fingerprint density at radius 1 is 1.23 bits per heavy atom. The molecule has 2 aliphatic heterocycles. The second kappa shape index (κ2) is 6.87. The van der Waals surface area contributed by atoms with E-state index in [9.17, 15) is 4.79 Å². The molecule has 138 valence electrons. The number of hydrogen-bond acceptors (Lipinski definition) is 7. The molecule has 8 nitrogen and oxygen atoms in total. The van der Waals surface area contributed by atoms with Crippen molar-refractivity contribution in [1.82, 2.24) is 9.88 Å². The standard InChI is InChI=1S/C18H20N2O6/c1-11-6-20(7-12(2)26-11)18(21)14-8-23-17(19-14)9-22-13-3-4-15-16(5-13)25-10-24-15/h3-5,8,11-12H,6-7,9-10H2,1-2H3/t11-,12+. The number of nitrogens with zero attached hydrogens (tertiary/aromatic N) is 2. The van der Waals surface area contributed by atoms with E-state index in [1.807, 2.05) is 13.8 Å². The Morgan fingerprint density at radius 2 is 2.00 bits per heavy atom. The lowest BCUT2D eigenvalue weighted by molar-refractivity contribution is -0.0587. The minimum atomic E-state index is -0.162. The van der Waals surface area contributed by atoms with Gasteiger partial charge in [0.05, 0.1) is 12.2 Å². The van der Waals surface area contributed by atoms with Crippen LogP contribution in [0.5, 0.6) is 17.2 Å². The largest absolute Gasteiger partial charge is 0.484 e. The summed E-state index contributed by atoms with van der Waals surface area (Å²) in [6.45, 7) is 5.30. The van der Waals surface area contributed by atoms with Gasteiger partial charge < -0.3 is 28.3 Å². The number of hydrogen-bond donors (Lipinski definition) is 0. The van der Waals surface area contributed by atoms with Crippen LogP contribution >= 0.6 is 0 Å². The molecule has 2 aromatic rings. The van der Waals surface area contributed by atoms with Gasteiger partial charge in [0, 0.05) is 19.2 Å². The highest BCUT2D eigenvalue weighted by Gasteiger charge is 2.28. The number of oxazole rings is 1. The van der Waals surface area contributed by atoms with Gasteiger partial charge in [-0.3, -0.25) is 4.79 Å². The number of ether oxygens (including phenoxy) is 4. The highest BCUT2D eigenvalue weighted by atomic mass is 16.7. The quantitative estimate of drug-likeness (QED) is 0.827. The average molecular weight is 360 g/mol. The van der Waals surface area contributed by atoms with Crippen molar-refractivity contribution in [1.29, 1.82) is 0 Å². The van der Waals surface area contributed by atoms with Crippen LogP contribution in [0.1, 0.15) is 30.2 Å². The normalized spacial score (nSPS) is 21.7. The first-order chi connectivity index (χ1) is 12.6. The van der Waals surface area contributed by atoms with Crippen LogP contribution in [0.25, 0.3) is 0 Å². The summed E-state index contributed by atoms with van der Waals surface area (Å²) in [5, 5.41) is 0. The van der Waals surface area contributed by atoms with Crippen LogP contribution in [-0.4, -0.2) is 47.9 Å². The van der Waals surface area contributed by atoms with Gasteiger partial charge in [-0.05, 0) is 26.0 Å². The zero-order chi connectivity index (χ0) is 18.1. The minimum absolute atomic E-state index is 0.00316. The fourth-order valence-electron chi connectivity index (χ4n) is 3.09. The zero-order valence-electron chi connectivity index (χ0n) is 14.6. The number of morpholine rings is 1. The number of fused-ring (bicyclic) bond motifs is 1. The first kappa shape index (κ1) is 16.7. The average Bonchev–Trinajstić information content (AvgIpc) is 3.27. The lowest BCUT2D eigenvalue weighted by Gasteiger charge is -2.34. The summed E-state index contributed by atoms with van der Waals surface area (Å²) in [6, 6.07) is 5.30. The number of carbonyl (C=O) groups excluding carboxylic acids is 1. The molecule has 4 rings (SSSR count). The Kier molecular flexibility index (Phi) is 4.42. The van der Waals surface area contributed by atoms with Crippen LogP contribution < -0.4 is 14.2 Å². The van der Waals surface area contributed by atoms with Crippen LogP contribution in [-0.2, 0) is 11.3 Å². The van der Waals surface area contributed by atoms with Crippen LogP contribution in [0.4, 0.5) is 0 Å². The van der Waals surface area contributed by atoms with Gasteiger partial charge in [0.25, 0.3) is 5.91 Å². The van der Waals surface area contributed by atoms with Crippen LogP contribution in [0.3, 0.4) is 0 Å². The molecule has 0 aliphatic carbocycles. The molecular formula is C18H20N2O6. The van der Waals surface area contributed by atoms with Crippen molar-refractivity contribution in [2.45, 2.75) is 32.7 Å². The van der Waals surface area contributed by atoms with Gasteiger partial charge in [-0.2, -0.15) is 0 Å². The highest BCUT2D eigenvalue weighted by molar-refractivity contribution is 5.92. The Labute approximate surface area is 150 Å². The maximum absolute atomic E-state index is 12.6. The molecule has 2 aliphatic rings. The molecule has 0 unspecified atom stereocenters. The topological polar surface area (TPSA) is 83.3 Å². The van der Waals surface area contributed by atoms with E-state index in [1.54, 1.807) is 23.1 Å². The molecule has 1 saturated heterocycles. The van der Waals surface area contributed by atoms with Gasteiger partial charge in [-0.1, -0.05) is 0 Å². The Morgan fingerprint density at radius 3 is 2.81 bits per heavy atom. The third-order valence-corrected chi connectivity index (χ3v) is 4.18. The number of carbonyl (C=O) groups is 1. The molecular weight excluding hydrogens is 340 g/mol. The maximum atomic E-state index is 12.6. The van der Waals surface area contributed by atoms with Crippen molar-refractivity contribution in [2.75, 3.05) is 19.9 Å². The van der Waals surface area contributed by atoms with Crippen molar-refractivity contribution in [3.05, 3.63) is 36.0 Å². The van der Waals surface area contributed by atoms with Gasteiger partial charge >= 0.3 is 0 Å². The van der Waals surface area contributed by atoms with Gasteiger partial charge in [-0.15, -0.1) is 0 Å². The SMILES string of the molecule is C[C@@H]1CN(C(=O)c2coc(COc3ccc4c(c3)OCO4)n2)C[C@H](C)O1. The van der Waals surface area contributed by atoms with Crippen molar-refractivity contribution in [3.8, 4) is 17.2 Å². The van der Waals surface area contributed by atoms with E-state index < -0.39 is 0 Å². The monoisotopic (exact) mass is 360 g/mol. The molecule has 0 saturated carbocycles. The number of aromatic nitrogens is 1. The third-order valence-electron chi connectivity index (χ3n) is 4.18. The molecule has 1 fully saturated rings. The third kappa shape index (κ3) is 3.45. The molecule has 0 bridgehead atoms. The van der Waals surface area contributed by atoms with Gasteiger partial charge in [0.1, 0.15) is 12.0 Å². The number of rotatable bonds is 4. The van der Waals surface area contributed by atoms with E-state index in [-0.39, 0.29) is 37.2 Å². The molecule has 3 heterocycles. The van der Waals surface area contributed by atoms with Crippen molar-refractivity contribution >= 4 is 5.91 Å². The molecule has 1 amide bonds. The number of benzene rings is 1. The summed E-state index contributed by atoms with van der Waals surface area (Å²) in [5.41, 5.74) is 0.274. The second-order valence-electron chi connectivity index (χ2n) is 6.40. The summed E-state index contributed by atoms with van der Waals surface area (Å²) >= 11 is 0. The van der Waals surface area contributed by atoms with E-state index in [4.69, 9.17) is 23.4 Å².